The van der Waals surface area contributed by atoms with Gasteiger partial charge < -0.3 is 9.84 Å². The number of carbonyl (C=O) groups is 1. The third-order valence-corrected chi connectivity index (χ3v) is 3.00. The fraction of sp³-hybridized carbons (Fsp3) is 0.917. The highest BCUT2D eigenvalue weighted by Crippen LogP contribution is 2.28. The Morgan fingerprint density at radius 2 is 2.19 bits per heavy atom. The Bertz CT molecular complexity index is 236. The van der Waals surface area contributed by atoms with E-state index in [1.807, 2.05) is 0 Å². The molecule has 1 aliphatic carbocycles. The Morgan fingerprint density at radius 1 is 1.56 bits per heavy atom. The molecule has 0 aromatic heterocycles. The monoisotopic (exact) mass is 229 g/mol. The van der Waals surface area contributed by atoms with Gasteiger partial charge in [0.25, 0.3) is 0 Å². The van der Waals surface area contributed by atoms with E-state index in [1.54, 1.807) is 0 Å². The van der Waals surface area contributed by atoms with Gasteiger partial charge in [0.1, 0.15) is 0 Å². The molecule has 0 bridgehead atoms. The van der Waals surface area contributed by atoms with Gasteiger partial charge in [-0.05, 0) is 32.7 Å². The fourth-order valence-corrected chi connectivity index (χ4v) is 1.87. The summed E-state index contributed by atoms with van der Waals surface area (Å²) < 4.78 is 4.60. The highest BCUT2D eigenvalue weighted by Gasteiger charge is 2.38. The second-order valence-corrected chi connectivity index (χ2v) is 4.82. The highest BCUT2D eigenvalue weighted by atomic mass is 16.5. The molecule has 1 aliphatic rings. The predicted molar refractivity (Wildman–Crippen MR) is 62.1 cm³/mol. The van der Waals surface area contributed by atoms with Gasteiger partial charge in [0.15, 0.2) is 5.60 Å². The van der Waals surface area contributed by atoms with Crippen LogP contribution in [0.4, 0.5) is 0 Å². The van der Waals surface area contributed by atoms with Crippen molar-refractivity contribution >= 4 is 5.97 Å². The third kappa shape index (κ3) is 3.76. The van der Waals surface area contributed by atoms with Gasteiger partial charge in [-0.15, -0.1) is 0 Å². The molecule has 0 aromatic rings. The van der Waals surface area contributed by atoms with Gasteiger partial charge in [-0.1, -0.05) is 13.3 Å². The summed E-state index contributed by atoms with van der Waals surface area (Å²) in [5, 5.41) is 10.0. The minimum atomic E-state index is -1.38. The van der Waals surface area contributed by atoms with Crippen molar-refractivity contribution in [2.45, 2.75) is 51.2 Å². The SMILES string of the molecule is CCCCN(CC(C)(O)C(=O)OC)C1CC1. The van der Waals surface area contributed by atoms with Crippen molar-refractivity contribution in [1.82, 2.24) is 4.90 Å². The molecule has 0 aliphatic heterocycles. The van der Waals surface area contributed by atoms with Crippen molar-refractivity contribution in [2.75, 3.05) is 20.2 Å². The highest BCUT2D eigenvalue weighted by molar-refractivity contribution is 5.78. The van der Waals surface area contributed by atoms with E-state index in [0.717, 1.165) is 19.4 Å². The first-order valence-corrected chi connectivity index (χ1v) is 6.06. The number of ether oxygens (including phenoxy) is 1. The van der Waals surface area contributed by atoms with Crippen molar-refractivity contribution in [2.24, 2.45) is 0 Å². The van der Waals surface area contributed by atoms with Crippen molar-refractivity contribution in [3.8, 4) is 0 Å². The van der Waals surface area contributed by atoms with E-state index in [1.165, 1.54) is 26.9 Å². The van der Waals surface area contributed by atoms with E-state index in [2.05, 4.69) is 16.6 Å². The topological polar surface area (TPSA) is 49.8 Å². The standard InChI is InChI=1S/C12H23NO3/c1-4-5-8-13(10-6-7-10)9-12(2,15)11(14)16-3/h10,15H,4-9H2,1-3H3. The maximum absolute atomic E-state index is 11.4. The van der Waals surface area contributed by atoms with Crippen LogP contribution in [0.15, 0.2) is 0 Å². The van der Waals surface area contributed by atoms with Crippen LogP contribution >= 0.6 is 0 Å². The van der Waals surface area contributed by atoms with Gasteiger partial charge in [-0.25, -0.2) is 4.79 Å². The quantitative estimate of drug-likeness (QED) is 0.666. The van der Waals surface area contributed by atoms with Gasteiger partial charge in [-0.2, -0.15) is 0 Å². The predicted octanol–water partition coefficient (Wildman–Crippen LogP) is 1.17. The van der Waals surface area contributed by atoms with Crippen LogP contribution in [0.5, 0.6) is 0 Å². The van der Waals surface area contributed by atoms with E-state index in [9.17, 15) is 9.90 Å². The van der Waals surface area contributed by atoms with Crippen LogP contribution in [0.3, 0.4) is 0 Å². The number of aliphatic hydroxyl groups is 1. The first-order valence-electron chi connectivity index (χ1n) is 6.06. The zero-order chi connectivity index (χ0) is 12.2. The molecule has 1 unspecified atom stereocenters. The van der Waals surface area contributed by atoms with Gasteiger partial charge in [0.2, 0.25) is 0 Å². The lowest BCUT2D eigenvalue weighted by molar-refractivity contribution is -0.162. The number of unbranched alkanes of at least 4 members (excludes halogenated alkanes) is 1. The average molecular weight is 229 g/mol. The van der Waals surface area contributed by atoms with Crippen LogP contribution in [-0.4, -0.2) is 47.8 Å². The van der Waals surface area contributed by atoms with Gasteiger partial charge in [0, 0.05) is 12.6 Å². The number of methoxy groups -OCH3 is 1. The summed E-state index contributed by atoms with van der Waals surface area (Å²) in [7, 11) is 1.31. The number of hydrogen-bond acceptors (Lipinski definition) is 4. The molecule has 1 atom stereocenters. The first kappa shape index (κ1) is 13.5. The number of carbonyl (C=O) groups excluding carboxylic acids is 1. The lowest BCUT2D eigenvalue weighted by Gasteiger charge is -2.29. The molecule has 0 aromatic carbocycles. The molecule has 4 nitrogen and oxygen atoms in total. The largest absolute Gasteiger partial charge is 0.467 e. The molecule has 16 heavy (non-hydrogen) atoms. The van der Waals surface area contributed by atoms with Gasteiger partial charge >= 0.3 is 5.97 Å². The molecule has 4 heteroatoms. The van der Waals surface area contributed by atoms with Crippen molar-refractivity contribution in [1.29, 1.82) is 0 Å². The maximum Gasteiger partial charge on any atom is 0.338 e. The summed E-state index contributed by atoms with van der Waals surface area (Å²) >= 11 is 0. The second kappa shape index (κ2) is 5.64. The molecule has 0 amide bonds. The molecular weight excluding hydrogens is 206 g/mol. The van der Waals surface area contributed by atoms with Crippen LogP contribution in [0.1, 0.15) is 39.5 Å². The zero-order valence-corrected chi connectivity index (χ0v) is 10.5. The molecule has 1 saturated carbocycles. The molecular formula is C12H23NO3. The van der Waals surface area contributed by atoms with Crippen LogP contribution in [-0.2, 0) is 9.53 Å². The Kier molecular flexibility index (Phi) is 4.74. The van der Waals surface area contributed by atoms with E-state index in [4.69, 9.17) is 0 Å². The molecule has 1 rings (SSSR count). The van der Waals surface area contributed by atoms with Crippen LogP contribution < -0.4 is 0 Å². The molecule has 0 radical (unpaired) electrons. The minimum Gasteiger partial charge on any atom is -0.467 e. The Morgan fingerprint density at radius 3 is 2.62 bits per heavy atom. The van der Waals surface area contributed by atoms with Crippen LogP contribution in [0, 0.1) is 0 Å². The van der Waals surface area contributed by atoms with Gasteiger partial charge in [-0.3, -0.25) is 4.90 Å². The van der Waals surface area contributed by atoms with Crippen LogP contribution in [0.25, 0.3) is 0 Å². The van der Waals surface area contributed by atoms with Crippen molar-refractivity contribution in [3.05, 3.63) is 0 Å². The molecule has 1 N–H and O–H groups in total. The smallest absolute Gasteiger partial charge is 0.338 e. The summed E-state index contributed by atoms with van der Waals surface area (Å²) in [6, 6.07) is 0.558. The molecule has 94 valence electrons. The lowest BCUT2D eigenvalue weighted by atomic mass is 10.1. The number of rotatable bonds is 7. The van der Waals surface area contributed by atoms with E-state index < -0.39 is 11.6 Å². The number of esters is 1. The molecule has 0 heterocycles. The Balaban J connectivity index is 2.49. The summed E-state index contributed by atoms with van der Waals surface area (Å²) in [6.07, 6.45) is 4.60. The van der Waals surface area contributed by atoms with Crippen LogP contribution in [0.2, 0.25) is 0 Å². The Hall–Kier alpha value is -0.610. The molecule has 1 fully saturated rings. The average Bonchev–Trinajstić information content (AvgIpc) is 3.06. The van der Waals surface area contributed by atoms with E-state index >= 15 is 0 Å². The summed E-state index contributed by atoms with van der Waals surface area (Å²) in [4.78, 5) is 13.6. The maximum atomic E-state index is 11.4. The normalized spacial score (nSPS) is 19.6. The second-order valence-electron chi connectivity index (χ2n) is 4.82. The lowest BCUT2D eigenvalue weighted by Crippen LogP contribution is -2.48. The van der Waals surface area contributed by atoms with E-state index in [-0.39, 0.29) is 0 Å². The molecule has 0 spiro atoms. The number of nitrogens with zero attached hydrogens (tertiary/aromatic N) is 1. The summed E-state index contributed by atoms with van der Waals surface area (Å²) in [6.45, 7) is 5.00. The minimum absolute atomic E-state index is 0.379. The molecule has 0 saturated heterocycles. The summed E-state index contributed by atoms with van der Waals surface area (Å²) in [5.74, 6) is -0.547. The van der Waals surface area contributed by atoms with Gasteiger partial charge in [0.05, 0.1) is 7.11 Å². The fourth-order valence-electron chi connectivity index (χ4n) is 1.87. The third-order valence-electron chi connectivity index (χ3n) is 3.00. The zero-order valence-electron chi connectivity index (χ0n) is 10.5. The first-order chi connectivity index (χ1) is 7.51. The Labute approximate surface area is 97.6 Å². The summed E-state index contributed by atoms with van der Waals surface area (Å²) in [5.41, 5.74) is -1.38. The van der Waals surface area contributed by atoms with E-state index in [0.29, 0.717) is 12.6 Å². The van der Waals surface area contributed by atoms with Crippen molar-refractivity contribution < 1.29 is 14.6 Å². The van der Waals surface area contributed by atoms with Crippen molar-refractivity contribution in [3.63, 3.8) is 0 Å². The number of hydrogen-bond donors (Lipinski definition) is 1.